The van der Waals surface area contributed by atoms with Crippen LogP contribution in [0.5, 0.6) is 0 Å². The molecule has 57 heavy (non-hydrogen) atoms. The van der Waals surface area contributed by atoms with Gasteiger partial charge in [-0.25, -0.2) is 17.2 Å². The predicted molar refractivity (Wildman–Crippen MR) is 195 cm³/mol. The van der Waals surface area contributed by atoms with Crippen molar-refractivity contribution < 1.29 is 43.9 Å². The van der Waals surface area contributed by atoms with Crippen molar-refractivity contribution in [3.8, 4) is 22.5 Å². The molecule has 0 saturated heterocycles. The molecule has 4 heterocycles. The van der Waals surface area contributed by atoms with Crippen molar-refractivity contribution >= 4 is 38.1 Å². The number of sulfone groups is 1. The molecule has 0 N–H and O–H groups in total. The van der Waals surface area contributed by atoms with Crippen LogP contribution in [0, 0.1) is 17.6 Å². The van der Waals surface area contributed by atoms with Crippen LogP contribution >= 0.6 is 11.6 Å². The zero-order valence-electron chi connectivity index (χ0n) is 30.0. The van der Waals surface area contributed by atoms with Crippen LogP contribution in [0.15, 0.2) is 66.9 Å². The number of hydrogen-bond acceptors (Lipinski definition) is 7. The Kier molecular flexibility index (Phi) is 9.34. The Hall–Kier alpha value is -5.16. The monoisotopic (exact) mass is 830 g/mol. The number of rotatable bonds is 11. The first-order chi connectivity index (χ1) is 26.8. The van der Waals surface area contributed by atoms with Crippen LogP contribution in [-0.2, 0) is 52.5 Å². The molecule has 18 heteroatoms. The van der Waals surface area contributed by atoms with Crippen molar-refractivity contribution in [3.63, 3.8) is 0 Å². The van der Waals surface area contributed by atoms with Crippen molar-refractivity contribution in [2.75, 3.05) is 6.26 Å². The van der Waals surface area contributed by atoms with Crippen LogP contribution in [0.4, 0.5) is 30.7 Å². The van der Waals surface area contributed by atoms with Gasteiger partial charge in [0, 0.05) is 65.9 Å². The van der Waals surface area contributed by atoms with E-state index in [9.17, 15) is 35.2 Å². The van der Waals surface area contributed by atoms with Gasteiger partial charge in [-0.3, -0.25) is 24.1 Å². The number of aromatic nitrogens is 6. The summed E-state index contributed by atoms with van der Waals surface area (Å²) in [4.78, 5) is 23.4. The summed E-state index contributed by atoms with van der Waals surface area (Å²) >= 11 is 6.64. The zero-order chi connectivity index (χ0) is 40.8. The third kappa shape index (κ3) is 7.19. The number of carbonyl (C=O) groups is 1. The van der Waals surface area contributed by atoms with Gasteiger partial charge in [0.25, 0.3) is 5.92 Å². The Morgan fingerprint density at radius 3 is 2.39 bits per heavy atom. The summed E-state index contributed by atoms with van der Waals surface area (Å²) < 4.78 is 129. The first-order valence-corrected chi connectivity index (χ1v) is 20.0. The number of ketones is 1. The lowest BCUT2D eigenvalue weighted by Crippen LogP contribution is -2.24. The predicted octanol–water partition coefficient (Wildman–Crippen LogP) is 8.58. The van der Waals surface area contributed by atoms with E-state index >= 15 is 8.78 Å². The number of hydrogen-bond donors (Lipinski definition) is 0. The summed E-state index contributed by atoms with van der Waals surface area (Å²) in [7, 11) is -2.00. The smallest absolute Gasteiger partial charge is 0.298 e. The van der Waals surface area contributed by atoms with Crippen LogP contribution in [0.2, 0.25) is 5.02 Å². The van der Waals surface area contributed by atoms with Gasteiger partial charge in [0.15, 0.2) is 21.3 Å². The maximum atomic E-state index is 15.4. The topological polar surface area (TPSA) is 113 Å². The van der Waals surface area contributed by atoms with E-state index in [1.807, 2.05) is 0 Å². The van der Waals surface area contributed by atoms with Gasteiger partial charge in [-0.05, 0) is 60.7 Å². The molecule has 2 aliphatic carbocycles. The summed E-state index contributed by atoms with van der Waals surface area (Å²) in [5.41, 5.74) is -0.606. The number of benzene rings is 2. The maximum Gasteiger partial charge on any atom is 0.435 e. The van der Waals surface area contributed by atoms with Crippen LogP contribution in [0.25, 0.3) is 33.4 Å². The number of Topliss-reactive ketones (excluding diaryl/α,β-unsaturated/α-hetero) is 1. The van der Waals surface area contributed by atoms with Gasteiger partial charge in [0.1, 0.15) is 23.9 Å². The molecule has 9 nitrogen and oxygen atoms in total. The van der Waals surface area contributed by atoms with Gasteiger partial charge in [-0.2, -0.15) is 32.1 Å². The molecule has 8 rings (SSSR count). The Bertz CT molecular complexity index is 2700. The highest BCUT2D eigenvalue weighted by Crippen LogP contribution is 2.68. The highest BCUT2D eigenvalue weighted by atomic mass is 35.5. The number of carbonyl (C=O) groups excluding carboxylic acids is 1. The second kappa shape index (κ2) is 13.7. The number of fused-ring (bicyclic) bond motifs is 4. The van der Waals surface area contributed by atoms with E-state index in [0.717, 1.165) is 18.4 Å². The first-order valence-electron chi connectivity index (χ1n) is 17.6. The third-order valence-electron chi connectivity index (χ3n) is 10.3. The van der Waals surface area contributed by atoms with Gasteiger partial charge in [-0.15, -0.1) is 0 Å². The van der Waals surface area contributed by atoms with Crippen molar-refractivity contribution in [2.45, 2.75) is 55.5 Å². The van der Waals surface area contributed by atoms with Gasteiger partial charge >= 0.3 is 6.18 Å². The highest BCUT2D eigenvalue weighted by molar-refractivity contribution is 7.89. The molecule has 3 atom stereocenters. The molecule has 0 amide bonds. The molecule has 0 radical (unpaired) electrons. The van der Waals surface area contributed by atoms with E-state index in [1.165, 1.54) is 16.9 Å². The van der Waals surface area contributed by atoms with E-state index in [2.05, 4.69) is 15.2 Å². The van der Waals surface area contributed by atoms with Gasteiger partial charge < -0.3 is 0 Å². The van der Waals surface area contributed by atoms with Crippen LogP contribution in [0.1, 0.15) is 58.6 Å². The SMILES string of the molecule is Cn1nc(CS(C)(=O)=O)c2c(Cl)ccc(-c3ccc(-c4ccccn4)nc3[C@@H](CC(=O)Cn3nc(C(F)(F)F)c4c3C(F)(F)[C@@H]3C[C@H]43)Cc3cc(F)cc(F)c3)c21. The quantitative estimate of drug-likeness (QED) is 0.120. The lowest BCUT2D eigenvalue weighted by atomic mass is 9.86. The van der Waals surface area contributed by atoms with E-state index in [4.69, 9.17) is 16.6 Å². The van der Waals surface area contributed by atoms with Crippen molar-refractivity contribution in [2.24, 2.45) is 13.0 Å². The fourth-order valence-electron chi connectivity index (χ4n) is 8.07. The minimum atomic E-state index is -5.04. The second-order valence-corrected chi connectivity index (χ2v) is 17.1. The van der Waals surface area contributed by atoms with Crippen LogP contribution < -0.4 is 0 Å². The van der Waals surface area contributed by atoms with Gasteiger partial charge in [0.05, 0.1) is 39.1 Å². The Morgan fingerprint density at radius 1 is 1.00 bits per heavy atom. The largest absolute Gasteiger partial charge is 0.435 e. The summed E-state index contributed by atoms with van der Waals surface area (Å²) in [6, 6.07) is 14.3. The summed E-state index contributed by atoms with van der Waals surface area (Å²) in [5, 5.41) is 8.47. The molecule has 0 aliphatic heterocycles. The number of pyridine rings is 2. The Morgan fingerprint density at radius 2 is 1.72 bits per heavy atom. The van der Waals surface area contributed by atoms with E-state index in [-0.39, 0.29) is 34.8 Å². The van der Waals surface area contributed by atoms with Gasteiger partial charge in [0.2, 0.25) is 0 Å². The second-order valence-electron chi connectivity index (χ2n) is 14.6. The minimum Gasteiger partial charge on any atom is -0.298 e. The van der Waals surface area contributed by atoms with Crippen molar-refractivity contribution in [1.29, 1.82) is 0 Å². The average Bonchev–Trinajstić information content (AvgIpc) is 3.66. The minimum absolute atomic E-state index is 0.101. The molecule has 0 spiro atoms. The third-order valence-corrected chi connectivity index (χ3v) is 11.5. The van der Waals surface area contributed by atoms with E-state index in [0.29, 0.717) is 44.2 Å². The van der Waals surface area contributed by atoms with Crippen molar-refractivity contribution in [1.82, 2.24) is 29.5 Å². The van der Waals surface area contributed by atoms with E-state index < -0.39 is 92.8 Å². The molecule has 2 aliphatic rings. The average molecular weight is 831 g/mol. The zero-order valence-corrected chi connectivity index (χ0v) is 31.5. The Balaban J connectivity index is 1.29. The van der Waals surface area contributed by atoms with Crippen LogP contribution in [-0.4, -0.2) is 50.0 Å². The number of nitrogens with zero attached hydrogens (tertiary/aromatic N) is 6. The fourth-order valence-corrected chi connectivity index (χ4v) is 9.03. The molecule has 4 aromatic heterocycles. The number of aryl methyl sites for hydroxylation is 1. The maximum absolute atomic E-state index is 15.4. The number of halogens is 8. The molecular formula is C39H30ClF7N6O3S. The molecule has 6 aromatic rings. The Labute approximate surface area is 325 Å². The molecular weight excluding hydrogens is 801 g/mol. The molecule has 296 valence electrons. The summed E-state index contributed by atoms with van der Waals surface area (Å²) in [6.45, 7) is -0.946. The van der Waals surface area contributed by atoms with Crippen molar-refractivity contribution in [3.05, 3.63) is 117 Å². The number of alkyl halides is 5. The standard InChI is InChI=1S/C39H30ClF7N6O3S/c1-52-35-25(6-8-28(40)33(35)31(50-52)18-57(2,55)56)24-7-9-30(29-5-3-4-10-48-29)49-34(24)20(11-19-12-21(41)15-22(42)13-19)14-23(54)17-53-37-32(36(51-53)39(45,46)47)26-16-27(26)38(37,43)44/h3-10,12-13,15,20,26-27H,11,14,16-18H2,1-2H3/t20-,26+,27-/m1/s1. The van der Waals surface area contributed by atoms with Gasteiger partial charge in [-0.1, -0.05) is 29.8 Å². The van der Waals surface area contributed by atoms with Crippen LogP contribution in [0.3, 0.4) is 0 Å². The molecule has 0 bridgehead atoms. The molecule has 1 fully saturated rings. The first kappa shape index (κ1) is 38.7. The lowest BCUT2D eigenvalue weighted by Gasteiger charge is -2.22. The molecule has 0 unspecified atom stereocenters. The molecule has 2 aromatic carbocycles. The lowest BCUT2D eigenvalue weighted by molar-refractivity contribution is -0.142. The normalized spacial score (nSPS) is 17.8. The molecule has 1 saturated carbocycles. The summed E-state index contributed by atoms with van der Waals surface area (Å²) in [6.07, 6.45) is -3.37. The summed E-state index contributed by atoms with van der Waals surface area (Å²) in [5.74, 6) is -10.1. The fraction of sp³-hybridized carbons (Fsp3) is 0.308. The van der Waals surface area contributed by atoms with E-state index in [1.54, 1.807) is 43.4 Å². The highest BCUT2D eigenvalue weighted by Gasteiger charge is 2.68.